The molecule has 1 aromatic carbocycles. The van der Waals surface area contributed by atoms with Crippen molar-refractivity contribution in [2.75, 3.05) is 7.11 Å². The van der Waals surface area contributed by atoms with Crippen molar-refractivity contribution in [3.8, 4) is 11.5 Å². The van der Waals surface area contributed by atoms with Crippen LogP contribution < -0.4 is 4.74 Å². The number of fused-ring (bicyclic) bond motifs is 1. The largest absolute Gasteiger partial charge is 0.507 e. The lowest BCUT2D eigenvalue weighted by Crippen LogP contribution is -2.06. The van der Waals surface area contributed by atoms with Crippen LogP contribution in [0.4, 0.5) is 0 Å². The molecule has 6 heteroatoms. The zero-order valence-electron chi connectivity index (χ0n) is 14.6. The van der Waals surface area contributed by atoms with Crippen molar-refractivity contribution >= 4 is 11.9 Å². The molecule has 2 N–H and O–H groups in total. The van der Waals surface area contributed by atoms with Gasteiger partial charge in [-0.2, -0.15) is 0 Å². The molecule has 0 aromatic heterocycles. The van der Waals surface area contributed by atoms with Gasteiger partial charge in [0.2, 0.25) is 0 Å². The number of allylic oxidation sites excluding steroid dienone is 2. The van der Waals surface area contributed by atoms with Crippen LogP contribution >= 0.6 is 0 Å². The van der Waals surface area contributed by atoms with Crippen molar-refractivity contribution in [2.45, 2.75) is 46.1 Å². The summed E-state index contributed by atoms with van der Waals surface area (Å²) in [4.78, 5) is 23.0. The van der Waals surface area contributed by atoms with Gasteiger partial charge in [-0.25, -0.2) is 4.79 Å². The zero-order chi connectivity index (χ0) is 18.3. The summed E-state index contributed by atoms with van der Waals surface area (Å²) in [6.45, 7) is 3.95. The van der Waals surface area contributed by atoms with E-state index in [2.05, 4.69) is 0 Å². The van der Waals surface area contributed by atoms with E-state index in [1.165, 1.54) is 0 Å². The Kier molecular flexibility index (Phi) is 4.45. The van der Waals surface area contributed by atoms with Crippen LogP contribution in [0.25, 0.3) is 0 Å². The summed E-state index contributed by atoms with van der Waals surface area (Å²) < 4.78 is 10.6. The third-order valence-electron chi connectivity index (χ3n) is 5.42. The Bertz CT molecular complexity index is 790. The Labute approximate surface area is 146 Å². The molecule has 0 spiro atoms. The van der Waals surface area contributed by atoms with Gasteiger partial charge < -0.3 is 19.7 Å². The molecule has 1 unspecified atom stereocenters. The standard InChI is InChI=1S/C19H22O6/c1-9-11(4-5-12(9)7-15(20)21)6-13-17(22)16-14(8-25-19(16)23)10(2)18(13)24-3/h12,22H,4-8H2,1-3H3,(H,20,21). The molecule has 1 heterocycles. The van der Waals surface area contributed by atoms with E-state index in [0.29, 0.717) is 23.3 Å². The highest BCUT2D eigenvalue weighted by Crippen LogP contribution is 2.44. The Morgan fingerprint density at radius 1 is 1.36 bits per heavy atom. The number of carboxylic acid groups (broad SMARTS) is 1. The van der Waals surface area contributed by atoms with Gasteiger partial charge in [0.25, 0.3) is 0 Å². The highest BCUT2D eigenvalue weighted by Gasteiger charge is 2.33. The first-order chi connectivity index (χ1) is 11.8. The number of methoxy groups -OCH3 is 1. The number of carboxylic acids is 1. The minimum atomic E-state index is -0.804. The number of hydrogen-bond donors (Lipinski definition) is 2. The highest BCUT2D eigenvalue weighted by molar-refractivity contribution is 5.98. The Hall–Kier alpha value is -2.50. The molecule has 1 aliphatic carbocycles. The number of ether oxygens (including phenoxy) is 2. The van der Waals surface area contributed by atoms with E-state index < -0.39 is 11.9 Å². The number of hydrogen-bond acceptors (Lipinski definition) is 5. The van der Waals surface area contributed by atoms with Crippen LogP contribution in [0, 0.1) is 12.8 Å². The SMILES string of the molecule is COc1c(C)c2c(c(O)c1CC1=C(C)C(CC(=O)O)CC1)C(=O)OC2. The van der Waals surface area contributed by atoms with Gasteiger partial charge in [-0.15, -0.1) is 0 Å². The van der Waals surface area contributed by atoms with Crippen LogP contribution in [0.2, 0.25) is 0 Å². The van der Waals surface area contributed by atoms with Gasteiger partial charge in [-0.1, -0.05) is 11.1 Å². The fraction of sp³-hybridized carbons (Fsp3) is 0.474. The molecule has 1 atom stereocenters. The van der Waals surface area contributed by atoms with Crippen molar-refractivity contribution in [1.82, 2.24) is 0 Å². The predicted octanol–water partition coefficient (Wildman–Crippen LogP) is 3.12. The fourth-order valence-corrected chi connectivity index (χ4v) is 3.96. The highest BCUT2D eigenvalue weighted by atomic mass is 16.5. The van der Waals surface area contributed by atoms with Gasteiger partial charge in [0.05, 0.1) is 13.5 Å². The normalized spacial score (nSPS) is 19.2. The smallest absolute Gasteiger partial charge is 0.342 e. The molecule has 0 bridgehead atoms. The third kappa shape index (κ3) is 2.86. The van der Waals surface area contributed by atoms with Crippen molar-refractivity contribution in [2.24, 2.45) is 5.92 Å². The second-order valence-corrected chi connectivity index (χ2v) is 6.71. The molecule has 0 saturated heterocycles. The number of benzene rings is 1. The summed E-state index contributed by atoms with van der Waals surface area (Å²) in [5.41, 5.74) is 4.43. The molecule has 1 aliphatic heterocycles. The Morgan fingerprint density at radius 3 is 2.72 bits per heavy atom. The first kappa shape index (κ1) is 17.3. The summed E-state index contributed by atoms with van der Waals surface area (Å²) in [6, 6.07) is 0. The first-order valence-corrected chi connectivity index (χ1v) is 8.33. The molecule has 0 amide bonds. The summed E-state index contributed by atoms with van der Waals surface area (Å²) in [5, 5.41) is 19.7. The monoisotopic (exact) mass is 346 g/mol. The van der Waals surface area contributed by atoms with E-state index in [4.69, 9.17) is 14.6 Å². The van der Waals surface area contributed by atoms with Crippen LogP contribution in [-0.2, 0) is 22.6 Å². The van der Waals surface area contributed by atoms with Gasteiger partial charge in [0.1, 0.15) is 23.7 Å². The predicted molar refractivity (Wildman–Crippen MR) is 89.9 cm³/mol. The number of phenolic OH excluding ortho intramolecular Hbond substituents is 1. The summed E-state index contributed by atoms with van der Waals surface area (Å²) in [6.07, 6.45) is 2.14. The molecule has 6 nitrogen and oxygen atoms in total. The quantitative estimate of drug-likeness (QED) is 0.628. The summed E-state index contributed by atoms with van der Waals surface area (Å²) in [5.74, 6) is -0.804. The zero-order valence-corrected chi connectivity index (χ0v) is 14.6. The number of phenols is 1. The van der Waals surface area contributed by atoms with Gasteiger partial charge in [0, 0.05) is 17.5 Å². The maximum Gasteiger partial charge on any atom is 0.342 e. The number of carbonyl (C=O) groups is 2. The second-order valence-electron chi connectivity index (χ2n) is 6.71. The van der Waals surface area contributed by atoms with Crippen molar-refractivity contribution in [1.29, 1.82) is 0 Å². The molecule has 3 rings (SSSR count). The molecule has 0 fully saturated rings. The van der Waals surface area contributed by atoms with Gasteiger partial charge in [-0.3, -0.25) is 4.79 Å². The second kappa shape index (κ2) is 6.43. The fourth-order valence-electron chi connectivity index (χ4n) is 3.96. The van der Waals surface area contributed by atoms with Gasteiger partial charge in [-0.05, 0) is 38.2 Å². The van der Waals surface area contributed by atoms with E-state index in [1.54, 1.807) is 7.11 Å². The van der Waals surface area contributed by atoms with E-state index in [0.717, 1.165) is 29.6 Å². The number of carbonyl (C=O) groups excluding carboxylic acids is 1. The number of cyclic esters (lactones) is 1. The van der Waals surface area contributed by atoms with Crippen LogP contribution in [0.5, 0.6) is 11.5 Å². The minimum absolute atomic E-state index is 0.0288. The molecule has 2 aliphatic rings. The van der Waals surface area contributed by atoms with Crippen molar-refractivity contribution < 1.29 is 29.3 Å². The van der Waals surface area contributed by atoms with Crippen LogP contribution in [0.3, 0.4) is 0 Å². The lowest BCUT2D eigenvalue weighted by atomic mass is 9.92. The Balaban J connectivity index is 2.02. The average Bonchev–Trinajstić information content (AvgIpc) is 3.10. The van der Waals surface area contributed by atoms with Crippen LogP contribution in [0.1, 0.15) is 53.2 Å². The average molecular weight is 346 g/mol. The lowest BCUT2D eigenvalue weighted by Gasteiger charge is -2.17. The molecule has 0 saturated carbocycles. The number of aliphatic carboxylic acids is 1. The molecule has 134 valence electrons. The third-order valence-corrected chi connectivity index (χ3v) is 5.42. The molecule has 0 radical (unpaired) electrons. The van der Waals surface area contributed by atoms with Crippen molar-refractivity contribution in [3.05, 3.63) is 33.4 Å². The maximum absolute atomic E-state index is 12.0. The number of esters is 1. The van der Waals surface area contributed by atoms with Gasteiger partial charge >= 0.3 is 11.9 Å². The number of aromatic hydroxyl groups is 1. The van der Waals surface area contributed by atoms with E-state index >= 15 is 0 Å². The minimum Gasteiger partial charge on any atom is -0.507 e. The van der Waals surface area contributed by atoms with E-state index in [-0.39, 0.29) is 30.3 Å². The molecular weight excluding hydrogens is 324 g/mol. The molecule has 25 heavy (non-hydrogen) atoms. The van der Waals surface area contributed by atoms with Crippen LogP contribution in [-0.4, -0.2) is 29.3 Å². The number of rotatable bonds is 5. The molecule has 1 aromatic rings. The van der Waals surface area contributed by atoms with Crippen molar-refractivity contribution in [3.63, 3.8) is 0 Å². The summed E-state index contributed by atoms with van der Waals surface area (Å²) >= 11 is 0. The topological polar surface area (TPSA) is 93.1 Å². The Morgan fingerprint density at radius 2 is 2.08 bits per heavy atom. The summed E-state index contributed by atoms with van der Waals surface area (Å²) in [7, 11) is 1.54. The lowest BCUT2D eigenvalue weighted by molar-refractivity contribution is -0.137. The first-order valence-electron chi connectivity index (χ1n) is 8.33. The van der Waals surface area contributed by atoms with E-state index in [1.807, 2.05) is 13.8 Å². The van der Waals surface area contributed by atoms with E-state index in [9.17, 15) is 14.7 Å². The molecular formula is C19H22O6. The van der Waals surface area contributed by atoms with Gasteiger partial charge in [0.15, 0.2) is 0 Å². The van der Waals surface area contributed by atoms with Crippen LogP contribution in [0.15, 0.2) is 11.1 Å². The maximum atomic E-state index is 12.0.